The molecule has 0 radical (unpaired) electrons. The van der Waals surface area contributed by atoms with Crippen molar-refractivity contribution in [2.45, 2.75) is 13.5 Å². The summed E-state index contributed by atoms with van der Waals surface area (Å²) < 4.78 is 13.7. The minimum Gasteiger partial charge on any atom is -0.298 e. The van der Waals surface area contributed by atoms with Crippen LogP contribution in [0, 0.1) is 11.7 Å². The number of halogens is 2. The molecule has 0 spiro atoms. The summed E-state index contributed by atoms with van der Waals surface area (Å²) in [6.45, 7) is 5.38. The Kier molecular flexibility index (Phi) is 2.88. The second-order valence-corrected chi connectivity index (χ2v) is 4.90. The van der Waals surface area contributed by atoms with E-state index in [4.69, 9.17) is 0 Å². The number of rotatable bonds is 2. The lowest BCUT2D eigenvalue weighted by Crippen LogP contribution is -2.44. The van der Waals surface area contributed by atoms with Crippen molar-refractivity contribution in [2.24, 2.45) is 5.92 Å². The molecule has 0 aliphatic carbocycles. The first-order valence-electron chi connectivity index (χ1n) is 4.81. The van der Waals surface area contributed by atoms with Gasteiger partial charge in [0.2, 0.25) is 0 Å². The zero-order valence-corrected chi connectivity index (χ0v) is 9.72. The molecule has 2 rings (SSSR count). The van der Waals surface area contributed by atoms with Gasteiger partial charge in [0.25, 0.3) is 0 Å². The van der Waals surface area contributed by atoms with Crippen LogP contribution in [0.4, 0.5) is 4.39 Å². The third kappa shape index (κ3) is 2.15. The number of hydrogen-bond acceptors (Lipinski definition) is 1. The Morgan fingerprint density at radius 2 is 2.21 bits per heavy atom. The number of nitrogens with zero attached hydrogens (tertiary/aromatic N) is 1. The molecule has 0 amide bonds. The molecule has 0 atom stereocenters. The SMILES string of the molecule is CC1CN(Cc2ccc(Br)c(F)c2)C1. The largest absolute Gasteiger partial charge is 0.298 e. The van der Waals surface area contributed by atoms with E-state index in [-0.39, 0.29) is 5.82 Å². The first kappa shape index (κ1) is 10.1. The van der Waals surface area contributed by atoms with Crippen LogP contribution in [0.25, 0.3) is 0 Å². The van der Waals surface area contributed by atoms with Crippen molar-refractivity contribution >= 4 is 15.9 Å². The van der Waals surface area contributed by atoms with Gasteiger partial charge in [-0.2, -0.15) is 0 Å². The van der Waals surface area contributed by atoms with Crippen molar-refractivity contribution in [3.8, 4) is 0 Å². The molecular formula is C11H13BrFN. The summed E-state index contributed by atoms with van der Waals surface area (Å²) in [4.78, 5) is 2.33. The Balaban J connectivity index is 2.00. The Bertz CT molecular complexity index is 334. The van der Waals surface area contributed by atoms with Gasteiger partial charge in [0.15, 0.2) is 0 Å². The third-order valence-electron chi connectivity index (χ3n) is 2.53. The van der Waals surface area contributed by atoms with Crippen LogP contribution in [0.1, 0.15) is 12.5 Å². The lowest BCUT2D eigenvalue weighted by atomic mass is 10.0. The summed E-state index contributed by atoms with van der Waals surface area (Å²) in [6, 6.07) is 5.34. The molecule has 0 unspecified atom stereocenters. The zero-order chi connectivity index (χ0) is 10.1. The van der Waals surface area contributed by atoms with E-state index in [1.807, 2.05) is 6.07 Å². The van der Waals surface area contributed by atoms with Crippen molar-refractivity contribution in [2.75, 3.05) is 13.1 Å². The van der Waals surface area contributed by atoms with E-state index < -0.39 is 0 Å². The molecule has 0 aromatic heterocycles. The average molecular weight is 258 g/mol. The molecule has 3 heteroatoms. The predicted octanol–water partition coefficient (Wildman–Crippen LogP) is 3.04. The van der Waals surface area contributed by atoms with Crippen LogP contribution in [0.15, 0.2) is 22.7 Å². The highest BCUT2D eigenvalue weighted by Gasteiger charge is 2.22. The van der Waals surface area contributed by atoms with Crippen molar-refractivity contribution < 1.29 is 4.39 Å². The van der Waals surface area contributed by atoms with Gasteiger partial charge in [0.05, 0.1) is 4.47 Å². The molecule has 1 nitrogen and oxygen atoms in total. The monoisotopic (exact) mass is 257 g/mol. The smallest absolute Gasteiger partial charge is 0.137 e. The van der Waals surface area contributed by atoms with E-state index in [1.54, 1.807) is 12.1 Å². The van der Waals surface area contributed by atoms with Crippen LogP contribution in [0.3, 0.4) is 0 Å². The Hall–Kier alpha value is -0.410. The average Bonchev–Trinajstić information content (AvgIpc) is 2.09. The highest BCUT2D eigenvalue weighted by molar-refractivity contribution is 9.10. The van der Waals surface area contributed by atoms with Gasteiger partial charge in [-0.3, -0.25) is 4.90 Å². The van der Waals surface area contributed by atoms with E-state index >= 15 is 0 Å². The molecule has 1 aromatic rings. The topological polar surface area (TPSA) is 3.24 Å². The van der Waals surface area contributed by atoms with Crippen LogP contribution in [-0.4, -0.2) is 18.0 Å². The second-order valence-electron chi connectivity index (χ2n) is 4.05. The lowest BCUT2D eigenvalue weighted by molar-refractivity contribution is 0.105. The predicted molar refractivity (Wildman–Crippen MR) is 58.5 cm³/mol. The van der Waals surface area contributed by atoms with Crippen molar-refractivity contribution in [3.05, 3.63) is 34.1 Å². The Labute approximate surface area is 92.0 Å². The molecule has 76 valence electrons. The molecule has 1 aliphatic rings. The van der Waals surface area contributed by atoms with Crippen molar-refractivity contribution in [1.82, 2.24) is 4.90 Å². The summed E-state index contributed by atoms with van der Waals surface area (Å²) in [5.74, 6) is 0.631. The van der Waals surface area contributed by atoms with E-state index in [0.29, 0.717) is 4.47 Å². The van der Waals surface area contributed by atoms with Gasteiger partial charge in [-0.1, -0.05) is 13.0 Å². The molecular weight excluding hydrogens is 245 g/mol. The maximum absolute atomic E-state index is 13.2. The minimum atomic E-state index is -0.170. The molecule has 0 saturated carbocycles. The minimum absolute atomic E-state index is 0.170. The maximum atomic E-state index is 13.2. The van der Waals surface area contributed by atoms with Gasteiger partial charge >= 0.3 is 0 Å². The van der Waals surface area contributed by atoms with E-state index in [2.05, 4.69) is 27.8 Å². The molecule has 1 fully saturated rings. The Morgan fingerprint density at radius 3 is 2.79 bits per heavy atom. The molecule has 0 bridgehead atoms. The molecule has 0 N–H and O–H groups in total. The van der Waals surface area contributed by atoms with Crippen molar-refractivity contribution in [1.29, 1.82) is 0 Å². The zero-order valence-electron chi connectivity index (χ0n) is 8.13. The molecule has 1 heterocycles. The first-order chi connectivity index (χ1) is 6.65. The summed E-state index contributed by atoms with van der Waals surface area (Å²) in [5, 5.41) is 0. The summed E-state index contributed by atoms with van der Waals surface area (Å²) >= 11 is 3.15. The van der Waals surface area contributed by atoms with E-state index in [9.17, 15) is 4.39 Å². The van der Waals surface area contributed by atoms with Crippen LogP contribution in [0.2, 0.25) is 0 Å². The third-order valence-corrected chi connectivity index (χ3v) is 3.17. The summed E-state index contributed by atoms with van der Waals surface area (Å²) in [5.41, 5.74) is 1.05. The normalized spacial score (nSPS) is 18.2. The molecule has 1 aromatic carbocycles. The first-order valence-corrected chi connectivity index (χ1v) is 5.61. The fourth-order valence-electron chi connectivity index (χ4n) is 1.85. The van der Waals surface area contributed by atoms with Gasteiger partial charge in [-0.25, -0.2) is 4.39 Å². The number of benzene rings is 1. The summed E-state index contributed by atoms with van der Waals surface area (Å²) in [6.07, 6.45) is 0. The van der Waals surface area contributed by atoms with Crippen LogP contribution in [-0.2, 0) is 6.54 Å². The van der Waals surface area contributed by atoms with Crippen LogP contribution >= 0.6 is 15.9 Å². The summed E-state index contributed by atoms with van der Waals surface area (Å²) in [7, 11) is 0. The number of likely N-dealkylation sites (tertiary alicyclic amines) is 1. The van der Waals surface area contributed by atoms with Gasteiger partial charge in [-0.05, 0) is 39.5 Å². The highest BCUT2D eigenvalue weighted by Crippen LogP contribution is 2.21. The van der Waals surface area contributed by atoms with E-state index in [1.165, 1.54) is 0 Å². The fraction of sp³-hybridized carbons (Fsp3) is 0.455. The Morgan fingerprint density at radius 1 is 1.50 bits per heavy atom. The molecule has 1 saturated heterocycles. The van der Waals surface area contributed by atoms with Crippen molar-refractivity contribution in [3.63, 3.8) is 0 Å². The van der Waals surface area contributed by atoms with Gasteiger partial charge in [0, 0.05) is 19.6 Å². The van der Waals surface area contributed by atoms with Gasteiger partial charge < -0.3 is 0 Å². The van der Waals surface area contributed by atoms with Crippen LogP contribution < -0.4 is 0 Å². The lowest BCUT2D eigenvalue weighted by Gasteiger charge is -2.37. The van der Waals surface area contributed by atoms with Gasteiger partial charge in [-0.15, -0.1) is 0 Å². The standard InChI is InChI=1S/C11H13BrFN/c1-8-5-14(6-8)7-9-2-3-10(12)11(13)4-9/h2-4,8H,5-7H2,1H3. The number of hydrogen-bond donors (Lipinski definition) is 0. The maximum Gasteiger partial charge on any atom is 0.137 e. The highest BCUT2D eigenvalue weighted by atomic mass is 79.9. The second kappa shape index (κ2) is 3.99. The van der Waals surface area contributed by atoms with Crippen LogP contribution in [0.5, 0.6) is 0 Å². The van der Waals surface area contributed by atoms with E-state index in [0.717, 1.165) is 31.1 Å². The molecule has 14 heavy (non-hydrogen) atoms. The molecule has 1 aliphatic heterocycles. The van der Waals surface area contributed by atoms with Gasteiger partial charge in [0.1, 0.15) is 5.82 Å². The fourth-order valence-corrected chi connectivity index (χ4v) is 2.10. The quantitative estimate of drug-likeness (QED) is 0.788.